The van der Waals surface area contributed by atoms with Crippen LogP contribution in [0.5, 0.6) is 0 Å². The average molecular weight is 312 g/mol. The van der Waals surface area contributed by atoms with Crippen LogP contribution in [0.1, 0.15) is 30.9 Å². The van der Waals surface area contributed by atoms with Gasteiger partial charge in [0.2, 0.25) is 0 Å². The van der Waals surface area contributed by atoms with E-state index in [1.54, 1.807) is 0 Å². The summed E-state index contributed by atoms with van der Waals surface area (Å²) in [5.41, 5.74) is 3.09. The minimum atomic E-state index is -0.231. The molecule has 0 fully saturated rings. The highest BCUT2D eigenvalue weighted by molar-refractivity contribution is 5.90. The molecule has 2 aromatic rings. The monoisotopic (exact) mass is 312 g/mol. The summed E-state index contributed by atoms with van der Waals surface area (Å²) in [7, 11) is 0. The molecule has 0 spiro atoms. The van der Waals surface area contributed by atoms with Crippen LogP contribution in [0, 0.1) is 0 Å². The molecular formula is C19H24N2O2. The molecule has 0 aliphatic rings. The van der Waals surface area contributed by atoms with Crippen LogP contribution in [0.3, 0.4) is 0 Å². The Morgan fingerprint density at radius 3 is 2.48 bits per heavy atom. The zero-order chi connectivity index (χ0) is 16.5. The standard InChI is InChI=1S/C19H24N2O2/c1-2-17(12-13-22)20-19(23)21-18-11-7-6-10-16(18)14-15-8-4-3-5-9-15/h3-11,17,22H,2,12-14H2,1H3,(H2,20,21,23). The summed E-state index contributed by atoms with van der Waals surface area (Å²) < 4.78 is 0. The van der Waals surface area contributed by atoms with Crippen molar-refractivity contribution in [2.75, 3.05) is 11.9 Å². The Morgan fingerprint density at radius 2 is 1.78 bits per heavy atom. The maximum absolute atomic E-state index is 12.2. The molecule has 122 valence electrons. The molecule has 1 atom stereocenters. The Bertz CT molecular complexity index is 614. The molecule has 0 radical (unpaired) electrons. The lowest BCUT2D eigenvalue weighted by Gasteiger charge is -2.17. The van der Waals surface area contributed by atoms with Gasteiger partial charge in [-0.05, 0) is 36.5 Å². The Balaban J connectivity index is 2.04. The van der Waals surface area contributed by atoms with Gasteiger partial charge in [-0.25, -0.2) is 4.79 Å². The average Bonchev–Trinajstić information content (AvgIpc) is 2.57. The molecule has 0 aliphatic heterocycles. The maximum Gasteiger partial charge on any atom is 0.319 e. The molecule has 4 nitrogen and oxygen atoms in total. The summed E-state index contributed by atoms with van der Waals surface area (Å²) in [5, 5.41) is 14.8. The van der Waals surface area contributed by atoms with E-state index in [2.05, 4.69) is 22.8 Å². The number of urea groups is 1. The predicted molar refractivity (Wildman–Crippen MR) is 93.6 cm³/mol. The van der Waals surface area contributed by atoms with Crippen molar-refractivity contribution in [3.63, 3.8) is 0 Å². The molecule has 0 saturated carbocycles. The van der Waals surface area contributed by atoms with E-state index in [0.717, 1.165) is 24.1 Å². The van der Waals surface area contributed by atoms with E-state index in [1.807, 2.05) is 49.4 Å². The number of aliphatic hydroxyl groups excluding tert-OH is 1. The first kappa shape index (κ1) is 17.0. The van der Waals surface area contributed by atoms with Crippen LogP contribution in [0.15, 0.2) is 54.6 Å². The van der Waals surface area contributed by atoms with Crippen LogP contribution in [-0.2, 0) is 6.42 Å². The van der Waals surface area contributed by atoms with Gasteiger partial charge >= 0.3 is 6.03 Å². The normalized spacial score (nSPS) is 11.7. The van der Waals surface area contributed by atoms with E-state index in [1.165, 1.54) is 5.56 Å². The van der Waals surface area contributed by atoms with Gasteiger partial charge < -0.3 is 15.7 Å². The minimum Gasteiger partial charge on any atom is -0.396 e. The summed E-state index contributed by atoms with van der Waals surface area (Å²) in [4.78, 5) is 12.2. The maximum atomic E-state index is 12.2. The Labute approximate surface area is 137 Å². The Kier molecular flexibility index (Phi) is 6.63. The lowest BCUT2D eigenvalue weighted by atomic mass is 10.0. The molecule has 2 aromatic carbocycles. The van der Waals surface area contributed by atoms with Crippen molar-refractivity contribution < 1.29 is 9.90 Å². The predicted octanol–water partition coefficient (Wildman–Crippen LogP) is 3.56. The highest BCUT2D eigenvalue weighted by Crippen LogP contribution is 2.19. The highest BCUT2D eigenvalue weighted by atomic mass is 16.3. The van der Waals surface area contributed by atoms with E-state index >= 15 is 0 Å². The van der Waals surface area contributed by atoms with Crippen LogP contribution in [0.4, 0.5) is 10.5 Å². The third kappa shape index (κ3) is 5.42. The largest absolute Gasteiger partial charge is 0.396 e. The SMILES string of the molecule is CCC(CCO)NC(=O)Nc1ccccc1Cc1ccccc1. The smallest absolute Gasteiger partial charge is 0.319 e. The van der Waals surface area contributed by atoms with E-state index in [9.17, 15) is 4.79 Å². The minimum absolute atomic E-state index is 0.0127. The number of carbonyl (C=O) groups is 1. The van der Waals surface area contributed by atoms with Gasteiger partial charge in [0, 0.05) is 18.3 Å². The quantitative estimate of drug-likeness (QED) is 0.732. The lowest BCUT2D eigenvalue weighted by Crippen LogP contribution is -2.38. The number of anilines is 1. The zero-order valence-corrected chi connectivity index (χ0v) is 13.5. The summed E-state index contributed by atoms with van der Waals surface area (Å²) >= 11 is 0. The van der Waals surface area contributed by atoms with Gasteiger partial charge in [-0.15, -0.1) is 0 Å². The van der Waals surface area contributed by atoms with E-state index in [0.29, 0.717) is 6.42 Å². The van der Waals surface area contributed by atoms with Crippen molar-refractivity contribution in [1.82, 2.24) is 5.32 Å². The fraction of sp³-hybridized carbons (Fsp3) is 0.316. The van der Waals surface area contributed by atoms with Gasteiger partial charge in [0.05, 0.1) is 0 Å². The number of hydrogen-bond donors (Lipinski definition) is 3. The molecule has 0 aromatic heterocycles. The number of aliphatic hydroxyl groups is 1. The number of carbonyl (C=O) groups excluding carboxylic acids is 1. The van der Waals surface area contributed by atoms with Gasteiger partial charge in [0.25, 0.3) is 0 Å². The molecule has 1 unspecified atom stereocenters. The van der Waals surface area contributed by atoms with Crippen molar-refractivity contribution in [1.29, 1.82) is 0 Å². The van der Waals surface area contributed by atoms with Crippen molar-refractivity contribution in [2.45, 2.75) is 32.2 Å². The molecule has 2 rings (SSSR count). The van der Waals surface area contributed by atoms with Crippen LogP contribution in [-0.4, -0.2) is 23.8 Å². The molecular weight excluding hydrogens is 288 g/mol. The van der Waals surface area contributed by atoms with Crippen molar-refractivity contribution in [2.24, 2.45) is 0 Å². The van der Waals surface area contributed by atoms with Crippen LogP contribution in [0.25, 0.3) is 0 Å². The van der Waals surface area contributed by atoms with Gasteiger partial charge in [-0.1, -0.05) is 55.5 Å². The fourth-order valence-corrected chi connectivity index (χ4v) is 2.49. The molecule has 4 heteroatoms. The van der Waals surface area contributed by atoms with Crippen molar-refractivity contribution in [3.8, 4) is 0 Å². The molecule has 0 saturated heterocycles. The summed E-state index contributed by atoms with van der Waals surface area (Å²) in [6.45, 7) is 2.06. The first-order chi connectivity index (χ1) is 11.2. The van der Waals surface area contributed by atoms with E-state index < -0.39 is 0 Å². The van der Waals surface area contributed by atoms with Crippen LogP contribution in [0.2, 0.25) is 0 Å². The number of nitrogens with one attached hydrogen (secondary N) is 2. The molecule has 0 aliphatic carbocycles. The second kappa shape index (κ2) is 8.96. The number of benzene rings is 2. The molecule has 0 bridgehead atoms. The number of rotatable bonds is 7. The fourth-order valence-electron chi connectivity index (χ4n) is 2.49. The highest BCUT2D eigenvalue weighted by Gasteiger charge is 2.11. The number of hydrogen-bond acceptors (Lipinski definition) is 2. The van der Waals surface area contributed by atoms with E-state index in [4.69, 9.17) is 5.11 Å². The summed E-state index contributed by atoms with van der Waals surface area (Å²) in [6, 6.07) is 17.7. The van der Waals surface area contributed by atoms with Crippen molar-refractivity contribution in [3.05, 3.63) is 65.7 Å². The van der Waals surface area contributed by atoms with Gasteiger partial charge in [0.1, 0.15) is 0 Å². The third-order valence-corrected chi connectivity index (χ3v) is 3.81. The summed E-state index contributed by atoms with van der Waals surface area (Å²) in [6.07, 6.45) is 2.13. The van der Waals surface area contributed by atoms with Crippen LogP contribution < -0.4 is 10.6 Å². The molecule has 23 heavy (non-hydrogen) atoms. The van der Waals surface area contributed by atoms with Crippen molar-refractivity contribution >= 4 is 11.7 Å². The lowest BCUT2D eigenvalue weighted by molar-refractivity contribution is 0.237. The Hall–Kier alpha value is -2.33. The second-order valence-electron chi connectivity index (χ2n) is 5.54. The first-order valence-corrected chi connectivity index (χ1v) is 8.03. The van der Waals surface area contributed by atoms with Gasteiger partial charge in [-0.3, -0.25) is 0 Å². The van der Waals surface area contributed by atoms with E-state index in [-0.39, 0.29) is 18.7 Å². The molecule has 2 amide bonds. The first-order valence-electron chi connectivity index (χ1n) is 8.03. The third-order valence-electron chi connectivity index (χ3n) is 3.81. The van der Waals surface area contributed by atoms with Gasteiger partial charge in [-0.2, -0.15) is 0 Å². The van der Waals surface area contributed by atoms with Crippen LogP contribution >= 0.6 is 0 Å². The zero-order valence-electron chi connectivity index (χ0n) is 13.5. The number of amides is 2. The van der Waals surface area contributed by atoms with Gasteiger partial charge in [0.15, 0.2) is 0 Å². The Morgan fingerprint density at radius 1 is 1.09 bits per heavy atom. The molecule has 3 N–H and O–H groups in total. The topological polar surface area (TPSA) is 61.4 Å². The summed E-state index contributed by atoms with van der Waals surface area (Å²) in [5.74, 6) is 0. The number of para-hydroxylation sites is 1. The second-order valence-corrected chi connectivity index (χ2v) is 5.54. The molecule has 0 heterocycles.